The highest BCUT2D eigenvalue weighted by Gasteiger charge is 2.21. The molecule has 25 heavy (non-hydrogen) atoms. The zero-order valence-electron chi connectivity index (χ0n) is 13.9. The van der Waals surface area contributed by atoms with Gasteiger partial charge in [-0.2, -0.15) is 0 Å². The Hall–Kier alpha value is -2.73. The molecular formula is C19H16N2O3S. The predicted molar refractivity (Wildman–Crippen MR) is 100 cm³/mol. The highest BCUT2D eigenvalue weighted by Crippen LogP contribution is 2.26. The second-order valence-electron chi connectivity index (χ2n) is 5.95. The Kier molecular flexibility index (Phi) is 3.77. The number of nitrogens with zero attached hydrogens (tertiary/aromatic N) is 2. The van der Waals surface area contributed by atoms with Crippen LogP contribution in [-0.2, 0) is 0 Å². The van der Waals surface area contributed by atoms with E-state index < -0.39 is 0 Å². The van der Waals surface area contributed by atoms with E-state index in [4.69, 9.17) is 4.42 Å². The van der Waals surface area contributed by atoms with E-state index in [1.807, 2.05) is 26.0 Å². The van der Waals surface area contributed by atoms with E-state index in [1.54, 1.807) is 35.1 Å². The fourth-order valence-corrected chi connectivity index (χ4v) is 3.98. The van der Waals surface area contributed by atoms with Crippen molar-refractivity contribution in [1.29, 1.82) is 0 Å². The third-order valence-electron chi connectivity index (χ3n) is 4.42. The summed E-state index contributed by atoms with van der Waals surface area (Å²) in [5.74, 6) is 0.981. The predicted octanol–water partition coefficient (Wildman–Crippen LogP) is 4.20. The Morgan fingerprint density at radius 1 is 1.20 bits per heavy atom. The molecule has 0 amide bonds. The van der Waals surface area contributed by atoms with Gasteiger partial charge in [-0.05, 0) is 37.6 Å². The molecule has 126 valence electrons. The zero-order valence-corrected chi connectivity index (χ0v) is 14.7. The van der Waals surface area contributed by atoms with Gasteiger partial charge in [0.25, 0.3) is 5.56 Å². The summed E-state index contributed by atoms with van der Waals surface area (Å²) in [6.45, 7) is 3.94. The molecule has 3 aromatic heterocycles. The van der Waals surface area contributed by atoms with Gasteiger partial charge in [-0.3, -0.25) is 14.2 Å². The molecule has 5 nitrogen and oxygen atoms in total. The average Bonchev–Trinajstić information content (AvgIpc) is 3.15. The molecule has 0 saturated heterocycles. The molecule has 4 rings (SSSR count). The van der Waals surface area contributed by atoms with Gasteiger partial charge in [0.1, 0.15) is 10.2 Å². The van der Waals surface area contributed by atoms with Crippen LogP contribution >= 0.6 is 11.3 Å². The standard InChI is InChI=1S/C19H16N2O3S/c1-3-11(2)21-17(13-8-6-10-24-13)20-18-15(19(21)23)16(22)12-7-4-5-9-14(12)25-18/h4-11H,3H2,1-2H3. The molecule has 0 bridgehead atoms. The molecule has 0 N–H and O–H groups in total. The minimum Gasteiger partial charge on any atom is -0.461 e. The summed E-state index contributed by atoms with van der Waals surface area (Å²) < 4.78 is 7.87. The van der Waals surface area contributed by atoms with Crippen molar-refractivity contribution in [1.82, 2.24) is 9.55 Å². The number of benzene rings is 1. The second kappa shape index (κ2) is 5.97. The van der Waals surface area contributed by atoms with Crippen LogP contribution in [0.1, 0.15) is 26.3 Å². The van der Waals surface area contributed by atoms with Crippen LogP contribution in [0, 0.1) is 0 Å². The fourth-order valence-electron chi connectivity index (χ4n) is 2.94. The van der Waals surface area contributed by atoms with Crippen LogP contribution in [0.2, 0.25) is 0 Å². The van der Waals surface area contributed by atoms with Crippen molar-refractivity contribution in [3.05, 3.63) is 63.2 Å². The Bertz CT molecular complexity index is 1190. The minimum atomic E-state index is -0.308. The molecule has 0 aliphatic rings. The Labute approximate surface area is 147 Å². The molecule has 1 aromatic carbocycles. The summed E-state index contributed by atoms with van der Waals surface area (Å²) >= 11 is 1.35. The number of rotatable bonds is 3. The van der Waals surface area contributed by atoms with Crippen LogP contribution in [0.25, 0.3) is 31.9 Å². The van der Waals surface area contributed by atoms with E-state index >= 15 is 0 Å². The Morgan fingerprint density at radius 2 is 2.00 bits per heavy atom. The van der Waals surface area contributed by atoms with E-state index in [1.165, 1.54) is 11.3 Å². The molecular weight excluding hydrogens is 336 g/mol. The summed E-state index contributed by atoms with van der Waals surface area (Å²) in [4.78, 5) is 31.2. The van der Waals surface area contributed by atoms with Crippen LogP contribution in [0.5, 0.6) is 0 Å². The van der Waals surface area contributed by atoms with Gasteiger partial charge in [-0.25, -0.2) is 4.98 Å². The molecule has 6 heteroatoms. The summed E-state index contributed by atoms with van der Waals surface area (Å²) in [6.07, 6.45) is 2.29. The first-order valence-electron chi connectivity index (χ1n) is 8.13. The van der Waals surface area contributed by atoms with Gasteiger partial charge in [0, 0.05) is 16.1 Å². The van der Waals surface area contributed by atoms with Gasteiger partial charge < -0.3 is 4.42 Å². The number of hydrogen-bond acceptors (Lipinski definition) is 5. The minimum absolute atomic E-state index is 0.0969. The fraction of sp³-hybridized carbons (Fsp3) is 0.211. The van der Waals surface area contributed by atoms with Crippen molar-refractivity contribution < 1.29 is 4.42 Å². The Balaban J connectivity index is 2.21. The van der Waals surface area contributed by atoms with Crippen LogP contribution < -0.4 is 11.0 Å². The number of hydrogen-bond donors (Lipinski definition) is 0. The number of furan rings is 1. The molecule has 3 heterocycles. The molecule has 0 radical (unpaired) electrons. The van der Waals surface area contributed by atoms with Gasteiger partial charge in [0.05, 0.1) is 6.26 Å². The molecule has 4 aromatic rings. The molecule has 0 saturated carbocycles. The van der Waals surface area contributed by atoms with E-state index in [0.29, 0.717) is 21.8 Å². The lowest BCUT2D eigenvalue weighted by atomic mass is 10.2. The zero-order chi connectivity index (χ0) is 17.6. The topological polar surface area (TPSA) is 65.1 Å². The van der Waals surface area contributed by atoms with Crippen molar-refractivity contribution >= 4 is 31.6 Å². The largest absolute Gasteiger partial charge is 0.461 e. The van der Waals surface area contributed by atoms with Gasteiger partial charge >= 0.3 is 0 Å². The second-order valence-corrected chi connectivity index (χ2v) is 6.98. The molecule has 0 aliphatic heterocycles. The first-order chi connectivity index (χ1) is 12.1. The van der Waals surface area contributed by atoms with Gasteiger partial charge in [-0.15, -0.1) is 11.3 Å². The van der Waals surface area contributed by atoms with Crippen LogP contribution in [0.15, 0.2) is 56.7 Å². The summed E-state index contributed by atoms with van der Waals surface area (Å²) in [5, 5.41) is 0.708. The van der Waals surface area contributed by atoms with Crippen molar-refractivity contribution in [2.24, 2.45) is 0 Å². The monoisotopic (exact) mass is 352 g/mol. The maximum absolute atomic E-state index is 13.2. The molecule has 0 fully saturated rings. The highest BCUT2D eigenvalue weighted by molar-refractivity contribution is 7.24. The maximum atomic E-state index is 13.2. The van der Waals surface area contributed by atoms with Crippen molar-refractivity contribution in [2.45, 2.75) is 26.3 Å². The normalized spacial score (nSPS) is 12.7. The lowest BCUT2D eigenvalue weighted by Gasteiger charge is -2.17. The first kappa shape index (κ1) is 15.8. The maximum Gasteiger partial charge on any atom is 0.266 e. The van der Waals surface area contributed by atoms with E-state index in [2.05, 4.69) is 4.98 Å². The highest BCUT2D eigenvalue weighted by atomic mass is 32.1. The van der Waals surface area contributed by atoms with Crippen LogP contribution in [0.4, 0.5) is 0 Å². The van der Waals surface area contributed by atoms with Crippen LogP contribution in [0.3, 0.4) is 0 Å². The van der Waals surface area contributed by atoms with Crippen molar-refractivity contribution in [2.75, 3.05) is 0 Å². The third kappa shape index (κ3) is 2.41. The summed E-state index contributed by atoms with van der Waals surface area (Å²) in [6, 6.07) is 10.7. The Morgan fingerprint density at radius 3 is 2.72 bits per heavy atom. The number of aromatic nitrogens is 2. The van der Waals surface area contributed by atoms with Gasteiger partial charge in [0.15, 0.2) is 11.6 Å². The van der Waals surface area contributed by atoms with Gasteiger partial charge in [0.2, 0.25) is 5.43 Å². The van der Waals surface area contributed by atoms with Gasteiger partial charge in [-0.1, -0.05) is 19.1 Å². The number of fused-ring (bicyclic) bond motifs is 2. The molecule has 0 aliphatic carbocycles. The molecule has 1 unspecified atom stereocenters. The summed E-state index contributed by atoms with van der Waals surface area (Å²) in [7, 11) is 0. The van der Waals surface area contributed by atoms with E-state index in [-0.39, 0.29) is 22.4 Å². The lowest BCUT2D eigenvalue weighted by molar-refractivity contribution is 0.500. The van der Waals surface area contributed by atoms with Crippen molar-refractivity contribution in [3.63, 3.8) is 0 Å². The summed E-state index contributed by atoms with van der Waals surface area (Å²) in [5.41, 5.74) is -0.567. The quantitative estimate of drug-likeness (QED) is 0.518. The SMILES string of the molecule is CCC(C)n1c(-c2ccco2)nc2sc3ccccc3c(=O)c2c1=O. The smallest absolute Gasteiger partial charge is 0.266 e. The van der Waals surface area contributed by atoms with E-state index in [0.717, 1.165) is 11.1 Å². The third-order valence-corrected chi connectivity index (χ3v) is 5.49. The lowest BCUT2D eigenvalue weighted by Crippen LogP contribution is -2.29. The first-order valence-corrected chi connectivity index (χ1v) is 8.95. The molecule has 0 spiro atoms. The average molecular weight is 352 g/mol. The van der Waals surface area contributed by atoms with Crippen molar-refractivity contribution in [3.8, 4) is 11.6 Å². The van der Waals surface area contributed by atoms with E-state index in [9.17, 15) is 9.59 Å². The van der Waals surface area contributed by atoms with Crippen LogP contribution in [-0.4, -0.2) is 9.55 Å². The molecule has 1 atom stereocenters.